The fourth-order valence-corrected chi connectivity index (χ4v) is 1.70. The molecule has 3 unspecified atom stereocenters. The molecular formula is C10H17N3O6. The summed E-state index contributed by atoms with van der Waals surface area (Å²) in [6.07, 6.45) is -1.21. The van der Waals surface area contributed by atoms with Crippen molar-refractivity contribution in [2.24, 2.45) is 0 Å². The van der Waals surface area contributed by atoms with Gasteiger partial charge in [0.05, 0.1) is 6.61 Å². The van der Waals surface area contributed by atoms with Gasteiger partial charge in [0.1, 0.15) is 18.0 Å². The number of aliphatic hydroxyl groups excluding tert-OH is 2. The minimum absolute atomic E-state index is 0. The maximum Gasteiger partial charge on any atom is 0.351 e. The first-order chi connectivity index (χ1) is 8.04. The summed E-state index contributed by atoms with van der Waals surface area (Å²) < 4.78 is 6.49. The smallest absolute Gasteiger partial charge is 0.351 e. The van der Waals surface area contributed by atoms with Crippen LogP contribution in [0.15, 0.2) is 29.2 Å². The third-order valence-electron chi connectivity index (χ3n) is 2.64. The van der Waals surface area contributed by atoms with E-state index in [4.69, 9.17) is 15.6 Å². The largest absolute Gasteiger partial charge is 0.412 e. The van der Waals surface area contributed by atoms with Crippen LogP contribution in [0.2, 0.25) is 0 Å². The molecule has 1 aliphatic heterocycles. The molecule has 0 aromatic carbocycles. The number of aromatic nitrogens is 2. The van der Waals surface area contributed by atoms with Crippen molar-refractivity contribution < 1.29 is 25.9 Å². The lowest BCUT2D eigenvalue weighted by Gasteiger charge is -2.14. The molecule has 0 radical (unpaired) electrons. The van der Waals surface area contributed by atoms with E-state index in [9.17, 15) is 9.90 Å². The molecule has 0 spiro atoms. The molecule has 1 saturated heterocycles. The number of nitrogens with two attached hydrogens (primary N) is 1. The van der Waals surface area contributed by atoms with E-state index >= 15 is 0 Å². The first kappa shape index (κ1) is 17.2. The Morgan fingerprint density at radius 2 is 2.16 bits per heavy atom. The number of hydrogen-bond acceptors (Lipinski definition) is 6. The van der Waals surface area contributed by atoms with Gasteiger partial charge in [0.25, 0.3) is 0 Å². The molecule has 0 amide bonds. The third kappa shape index (κ3) is 2.97. The lowest BCUT2D eigenvalue weighted by Crippen LogP contribution is -2.28. The molecule has 0 aliphatic carbocycles. The molecule has 108 valence electrons. The second kappa shape index (κ2) is 6.41. The van der Waals surface area contributed by atoms with Crippen molar-refractivity contribution >= 4 is 5.82 Å². The minimum atomic E-state index is -1.01. The quantitative estimate of drug-likeness (QED) is 0.484. The number of aliphatic hydroxyl groups is 2. The van der Waals surface area contributed by atoms with Gasteiger partial charge in [-0.25, -0.2) is 4.79 Å². The summed E-state index contributed by atoms with van der Waals surface area (Å²) in [5.41, 5.74) is 5.07. The summed E-state index contributed by atoms with van der Waals surface area (Å²) in [6, 6.07) is 1.44. The molecule has 2 heterocycles. The number of anilines is 1. The Balaban J connectivity index is 0.00000162. The molecule has 0 saturated carbocycles. The van der Waals surface area contributed by atoms with E-state index in [0.717, 1.165) is 4.57 Å². The first-order valence-corrected chi connectivity index (χ1v) is 5.02. The summed E-state index contributed by atoms with van der Waals surface area (Å²) in [5, 5.41) is 18.7. The normalized spacial score (nSPS) is 25.6. The highest BCUT2D eigenvalue weighted by Gasteiger charge is 2.38. The molecule has 8 N–H and O–H groups in total. The summed E-state index contributed by atoms with van der Waals surface area (Å²) in [7, 11) is 0. The maximum absolute atomic E-state index is 11.6. The van der Waals surface area contributed by atoms with Crippen molar-refractivity contribution in [2.45, 2.75) is 18.4 Å². The van der Waals surface area contributed by atoms with Crippen LogP contribution in [-0.4, -0.2) is 49.5 Å². The first-order valence-electron chi connectivity index (χ1n) is 5.02. The number of nitrogen functional groups attached to an aromatic ring is 1. The zero-order chi connectivity index (χ0) is 12.6. The Labute approximate surface area is 108 Å². The zero-order valence-corrected chi connectivity index (χ0v) is 9.98. The highest BCUT2D eigenvalue weighted by atomic mass is 16.5. The van der Waals surface area contributed by atoms with Gasteiger partial charge in [-0.2, -0.15) is 4.98 Å². The predicted octanol–water partition coefficient (Wildman–Crippen LogP) is -3.02. The third-order valence-corrected chi connectivity index (χ3v) is 2.64. The standard InChI is InChI=1S/C10H13N3O4.2H2O/c1-5-8(15)6(4-14)17-9(5)13-3-2-7(11)12-10(13)16;;/h2-3,6,8-9,14-15H,1,4H2,(H2,11,12,16);2*1H2. The van der Waals surface area contributed by atoms with Crippen molar-refractivity contribution in [2.75, 3.05) is 12.3 Å². The van der Waals surface area contributed by atoms with Gasteiger partial charge in [-0.3, -0.25) is 4.57 Å². The Bertz CT molecular complexity index is 502. The predicted molar refractivity (Wildman–Crippen MR) is 66.3 cm³/mol. The van der Waals surface area contributed by atoms with Crippen molar-refractivity contribution in [3.8, 4) is 0 Å². The van der Waals surface area contributed by atoms with Crippen molar-refractivity contribution in [3.05, 3.63) is 34.9 Å². The molecule has 1 fully saturated rings. The number of ether oxygens (including phenoxy) is 1. The van der Waals surface area contributed by atoms with Gasteiger partial charge in [-0.1, -0.05) is 6.58 Å². The average molecular weight is 275 g/mol. The summed E-state index contributed by atoms with van der Waals surface area (Å²) >= 11 is 0. The number of hydrogen-bond donors (Lipinski definition) is 3. The van der Waals surface area contributed by atoms with E-state index in [0.29, 0.717) is 5.57 Å². The molecule has 9 nitrogen and oxygen atoms in total. The van der Waals surface area contributed by atoms with Crippen LogP contribution in [0.4, 0.5) is 5.82 Å². The van der Waals surface area contributed by atoms with Crippen molar-refractivity contribution in [1.29, 1.82) is 0 Å². The molecule has 3 atom stereocenters. The Hall–Kier alpha value is -1.78. The SMILES string of the molecule is C=C1C(O)C(CO)OC1n1ccc(N)nc1=O.O.O. The Morgan fingerprint density at radius 3 is 2.63 bits per heavy atom. The second-order valence-corrected chi connectivity index (χ2v) is 3.77. The molecule has 0 bridgehead atoms. The highest BCUT2D eigenvalue weighted by molar-refractivity contribution is 5.24. The lowest BCUT2D eigenvalue weighted by molar-refractivity contribution is -0.0447. The van der Waals surface area contributed by atoms with Crippen LogP contribution in [0.3, 0.4) is 0 Å². The van der Waals surface area contributed by atoms with Crippen LogP contribution in [0.1, 0.15) is 6.23 Å². The van der Waals surface area contributed by atoms with Crippen LogP contribution < -0.4 is 11.4 Å². The highest BCUT2D eigenvalue weighted by Crippen LogP contribution is 2.31. The van der Waals surface area contributed by atoms with E-state index in [1.165, 1.54) is 12.3 Å². The molecule has 19 heavy (non-hydrogen) atoms. The van der Waals surface area contributed by atoms with Crippen LogP contribution in [0.5, 0.6) is 0 Å². The molecule has 1 aromatic rings. The number of nitrogens with zero attached hydrogens (tertiary/aromatic N) is 2. The van der Waals surface area contributed by atoms with Crippen LogP contribution >= 0.6 is 0 Å². The van der Waals surface area contributed by atoms with Gasteiger partial charge < -0.3 is 31.6 Å². The number of rotatable bonds is 2. The molecule has 9 heteroatoms. The van der Waals surface area contributed by atoms with E-state index in [1.54, 1.807) is 0 Å². The van der Waals surface area contributed by atoms with E-state index in [2.05, 4.69) is 11.6 Å². The van der Waals surface area contributed by atoms with Gasteiger partial charge >= 0.3 is 5.69 Å². The van der Waals surface area contributed by atoms with Crippen molar-refractivity contribution in [3.63, 3.8) is 0 Å². The molecule has 1 aromatic heterocycles. The van der Waals surface area contributed by atoms with E-state index in [-0.39, 0.29) is 23.4 Å². The van der Waals surface area contributed by atoms with Crippen LogP contribution in [0.25, 0.3) is 0 Å². The zero-order valence-electron chi connectivity index (χ0n) is 9.98. The van der Waals surface area contributed by atoms with Crippen molar-refractivity contribution in [1.82, 2.24) is 9.55 Å². The van der Waals surface area contributed by atoms with Crippen LogP contribution in [-0.2, 0) is 4.74 Å². The fourth-order valence-electron chi connectivity index (χ4n) is 1.70. The summed E-state index contributed by atoms with van der Waals surface area (Å²) in [4.78, 5) is 15.1. The molecule has 2 rings (SSSR count). The summed E-state index contributed by atoms with van der Waals surface area (Å²) in [5.74, 6) is 0.106. The second-order valence-electron chi connectivity index (χ2n) is 3.77. The Morgan fingerprint density at radius 1 is 1.53 bits per heavy atom. The Kier molecular flexibility index (Phi) is 5.81. The van der Waals surface area contributed by atoms with E-state index in [1.807, 2.05) is 0 Å². The fraction of sp³-hybridized carbons (Fsp3) is 0.400. The maximum atomic E-state index is 11.6. The van der Waals surface area contributed by atoms with Crippen LogP contribution in [0, 0.1) is 0 Å². The minimum Gasteiger partial charge on any atom is -0.412 e. The monoisotopic (exact) mass is 275 g/mol. The van der Waals surface area contributed by atoms with Gasteiger partial charge in [-0.15, -0.1) is 0 Å². The lowest BCUT2D eigenvalue weighted by atomic mass is 10.1. The van der Waals surface area contributed by atoms with Gasteiger partial charge in [0.2, 0.25) is 0 Å². The average Bonchev–Trinajstić information content (AvgIpc) is 2.57. The molecular weight excluding hydrogens is 258 g/mol. The van der Waals surface area contributed by atoms with E-state index < -0.39 is 24.1 Å². The van der Waals surface area contributed by atoms with Gasteiger partial charge in [-0.05, 0) is 6.07 Å². The summed E-state index contributed by atoms with van der Waals surface area (Å²) in [6.45, 7) is 3.30. The topological polar surface area (TPSA) is 174 Å². The molecule has 1 aliphatic rings. The van der Waals surface area contributed by atoms with Gasteiger partial charge in [0, 0.05) is 11.8 Å². The van der Waals surface area contributed by atoms with Gasteiger partial charge in [0.15, 0.2) is 6.23 Å².